The molecule has 0 aromatic heterocycles. The van der Waals surface area contributed by atoms with Crippen molar-refractivity contribution in [2.45, 2.75) is 103 Å². The van der Waals surface area contributed by atoms with Gasteiger partial charge in [0.2, 0.25) is 0 Å². The Morgan fingerprint density at radius 3 is 2.04 bits per heavy atom. The number of ether oxygens (including phenoxy) is 1. The largest absolute Gasteiger partial charge is 0.500 e. The molecule has 6 heteroatoms. The Morgan fingerprint density at radius 2 is 1.48 bits per heavy atom. The number of hydrogen-bond donors (Lipinski definition) is 1. The summed E-state index contributed by atoms with van der Waals surface area (Å²) in [6, 6.07) is 0.860. The minimum Gasteiger partial charge on any atom is -0.390 e. The maximum atomic E-state index is 10.3. The van der Waals surface area contributed by atoms with E-state index < -0.39 is 8.80 Å². The van der Waals surface area contributed by atoms with Crippen LogP contribution in [0, 0.1) is 5.92 Å². The molecule has 1 saturated carbocycles. The summed E-state index contributed by atoms with van der Waals surface area (Å²) in [6.45, 7) is 8.69. The van der Waals surface area contributed by atoms with E-state index in [1.807, 2.05) is 0 Å². The second kappa shape index (κ2) is 14.9. The molecule has 0 heterocycles. The summed E-state index contributed by atoms with van der Waals surface area (Å²) in [5, 5.41) is 10.3. The second-order valence-corrected chi connectivity index (χ2v) is 10.7. The van der Waals surface area contributed by atoms with E-state index in [1.54, 1.807) is 7.11 Å². The number of unbranched alkanes of at least 4 members (excludes halogenated alkanes) is 3. The van der Waals surface area contributed by atoms with Crippen molar-refractivity contribution in [3.63, 3.8) is 0 Å². The highest BCUT2D eigenvalue weighted by atomic mass is 28.4. The molecule has 1 N–H and O–H groups in total. The fourth-order valence-electron chi connectivity index (χ4n) is 3.55. The Bertz CT molecular complexity index is 345. The Labute approximate surface area is 168 Å². The summed E-state index contributed by atoms with van der Waals surface area (Å²) in [7, 11) is -0.860. The fourth-order valence-corrected chi connectivity index (χ4v) is 6.03. The van der Waals surface area contributed by atoms with Crippen molar-refractivity contribution in [2.75, 3.05) is 26.9 Å². The van der Waals surface area contributed by atoms with Crippen molar-refractivity contribution in [1.29, 1.82) is 0 Å². The molecule has 5 nitrogen and oxygen atoms in total. The highest BCUT2D eigenvalue weighted by Gasteiger charge is 2.41. The van der Waals surface area contributed by atoms with E-state index in [2.05, 4.69) is 20.8 Å². The van der Waals surface area contributed by atoms with Gasteiger partial charge in [0.25, 0.3) is 0 Å². The van der Waals surface area contributed by atoms with Crippen LogP contribution in [0.3, 0.4) is 0 Å². The average molecular weight is 405 g/mol. The summed E-state index contributed by atoms with van der Waals surface area (Å²) in [4.78, 5) is 0. The van der Waals surface area contributed by atoms with Gasteiger partial charge in [-0.3, -0.25) is 0 Å². The standard InChI is InChI=1S/C21H44O5Si/c1-5-8-14-24-21-18-19(11-12-20(21)22)13-17-27(23-4,25-15-9-6-2)26-16-10-7-3/h19-22H,5-18H2,1-4H3. The molecule has 0 radical (unpaired) electrons. The van der Waals surface area contributed by atoms with Crippen molar-refractivity contribution in [2.24, 2.45) is 5.92 Å². The van der Waals surface area contributed by atoms with Crippen LogP contribution in [0.1, 0.15) is 85.0 Å². The molecule has 1 aliphatic rings. The van der Waals surface area contributed by atoms with Crippen molar-refractivity contribution < 1.29 is 23.1 Å². The molecule has 1 fully saturated rings. The molecule has 1 aliphatic carbocycles. The van der Waals surface area contributed by atoms with Crippen LogP contribution in [0.5, 0.6) is 0 Å². The van der Waals surface area contributed by atoms with E-state index in [1.165, 1.54) is 0 Å². The molecule has 0 aromatic rings. The highest BCUT2D eigenvalue weighted by molar-refractivity contribution is 6.60. The van der Waals surface area contributed by atoms with Crippen LogP contribution < -0.4 is 0 Å². The Balaban J connectivity index is 2.55. The molecule has 0 saturated heterocycles. The number of rotatable bonds is 16. The minimum absolute atomic E-state index is 0.0177. The number of hydrogen-bond acceptors (Lipinski definition) is 5. The van der Waals surface area contributed by atoms with Gasteiger partial charge in [0.05, 0.1) is 12.2 Å². The first-order chi connectivity index (χ1) is 13.1. The van der Waals surface area contributed by atoms with Crippen LogP contribution in [0.25, 0.3) is 0 Å². The van der Waals surface area contributed by atoms with E-state index >= 15 is 0 Å². The zero-order valence-electron chi connectivity index (χ0n) is 18.2. The second-order valence-electron chi connectivity index (χ2n) is 7.84. The summed E-state index contributed by atoms with van der Waals surface area (Å²) in [6.07, 6.45) is 9.99. The third-order valence-electron chi connectivity index (χ3n) is 5.50. The molecule has 27 heavy (non-hydrogen) atoms. The van der Waals surface area contributed by atoms with E-state index in [-0.39, 0.29) is 12.2 Å². The van der Waals surface area contributed by atoms with Gasteiger partial charge < -0.3 is 23.1 Å². The summed E-state index contributed by atoms with van der Waals surface area (Å²) in [5.74, 6) is 0.548. The van der Waals surface area contributed by atoms with Crippen LogP contribution in [0.4, 0.5) is 0 Å². The van der Waals surface area contributed by atoms with Crippen LogP contribution >= 0.6 is 0 Å². The van der Waals surface area contributed by atoms with E-state index in [0.29, 0.717) is 5.92 Å². The molecule has 1 rings (SSSR count). The summed E-state index contributed by atoms with van der Waals surface area (Å²) >= 11 is 0. The van der Waals surface area contributed by atoms with Crippen LogP contribution in [-0.4, -0.2) is 53.0 Å². The molecule has 162 valence electrons. The van der Waals surface area contributed by atoms with Crippen LogP contribution in [0.2, 0.25) is 6.04 Å². The summed E-state index contributed by atoms with van der Waals surface area (Å²) in [5.41, 5.74) is 0. The minimum atomic E-state index is -2.60. The topological polar surface area (TPSA) is 57.2 Å². The first-order valence-electron chi connectivity index (χ1n) is 11.2. The van der Waals surface area contributed by atoms with Gasteiger partial charge in [-0.15, -0.1) is 0 Å². The maximum Gasteiger partial charge on any atom is 0.500 e. The molecular formula is C21H44O5Si. The molecule has 0 bridgehead atoms. The molecule has 3 atom stereocenters. The zero-order chi connectivity index (χ0) is 20.0. The van der Waals surface area contributed by atoms with Gasteiger partial charge in [-0.25, -0.2) is 0 Å². The van der Waals surface area contributed by atoms with E-state index in [9.17, 15) is 5.11 Å². The molecule has 0 spiro atoms. The normalized spacial score (nSPS) is 23.7. The highest BCUT2D eigenvalue weighted by Crippen LogP contribution is 2.32. The Kier molecular flexibility index (Phi) is 13.9. The van der Waals surface area contributed by atoms with Crippen LogP contribution in [0.15, 0.2) is 0 Å². The fraction of sp³-hybridized carbons (Fsp3) is 1.00. The lowest BCUT2D eigenvalue weighted by atomic mass is 9.84. The lowest BCUT2D eigenvalue weighted by molar-refractivity contribution is -0.0726. The molecule has 3 unspecified atom stereocenters. The van der Waals surface area contributed by atoms with Gasteiger partial charge in [-0.1, -0.05) is 40.0 Å². The first-order valence-corrected chi connectivity index (χ1v) is 13.2. The predicted octanol–water partition coefficient (Wildman–Crippen LogP) is 4.94. The number of aliphatic hydroxyl groups excluding tert-OH is 1. The predicted molar refractivity (Wildman–Crippen MR) is 112 cm³/mol. The monoisotopic (exact) mass is 404 g/mol. The van der Waals surface area contributed by atoms with E-state index in [0.717, 1.165) is 90.1 Å². The quantitative estimate of drug-likeness (QED) is 0.292. The van der Waals surface area contributed by atoms with Gasteiger partial charge in [0, 0.05) is 33.0 Å². The SMILES string of the molecule is CCCCOC1CC(CC[Si](OC)(OCCCC)OCCCC)CCC1O. The first kappa shape index (κ1) is 25.1. The van der Waals surface area contributed by atoms with Gasteiger partial charge >= 0.3 is 8.80 Å². The third kappa shape index (κ3) is 9.86. The Morgan fingerprint density at radius 1 is 0.889 bits per heavy atom. The maximum absolute atomic E-state index is 10.3. The van der Waals surface area contributed by atoms with Crippen molar-refractivity contribution in [3.8, 4) is 0 Å². The lowest BCUT2D eigenvalue weighted by Crippen LogP contribution is -2.46. The third-order valence-corrected chi connectivity index (χ3v) is 8.32. The van der Waals surface area contributed by atoms with Gasteiger partial charge in [0.1, 0.15) is 0 Å². The van der Waals surface area contributed by atoms with Crippen molar-refractivity contribution >= 4 is 8.80 Å². The van der Waals surface area contributed by atoms with Crippen LogP contribution in [-0.2, 0) is 18.0 Å². The average Bonchev–Trinajstić information content (AvgIpc) is 2.68. The summed E-state index contributed by atoms with van der Waals surface area (Å²) < 4.78 is 24.2. The lowest BCUT2D eigenvalue weighted by Gasteiger charge is -2.35. The van der Waals surface area contributed by atoms with Gasteiger partial charge in [-0.05, 0) is 50.9 Å². The van der Waals surface area contributed by atoms with E-state index in [4.69, 9.17) is 18.0 Å². The molecule has 0 amide bonds. The zero-order valence-corrected chi connectivity index (χ0v) is 19.2. The smallest absolute Gasteiger partial charge is 0.390 e. The molecule has 0 aromatic carbocycles. The number of aliphatic hydroxyl groups is 1. The Hall–Kier alpha value is 0.0169. The van der Waals surface area contributed by atoms with Gasteiger partial charge in [-0.2, -0.15) is 0 Å². The van der Waals surface area contributed by atoms with Crippen molar-refractivity contribution in [1.82, 2.24) is 0 Å². The molecule has 0 aliphatic heterocycles. The van der Waals surface area contributed by atoms with Crippen molar-refractivity contribution in [3.05, 3.63) is 0 Å². The molecular weight excluding hydrogens is 360 g/mol. The van der Waals surface area contributed by atoms with Gasteiger partial charge in [0.15, 0.2) is 0 Å².